The zero-order chi connectivity index (χ0) is 13.0. The van der Waals surface area contributed by atoms with Gasteiger partial charge in [0.05, 0.1) is 12.2 Å². The van der Waals surface area contributed by atoms with Crippen molar-refractivity contribution in [1.29, 1.82) is 0 Å². The number of hydrogen-bond acceptors (Lipinski definition) is 2. The third-order valence-corrected chi connectivity index (χ3v) is 3.66. The Morgan fingerprint density at radius 2 is 2.39 bits per heavy atom. The van der Waals surface area contributed by atoms with Crippen LogP contribution >= 0.6 is 15.9 Å². The largest absolute Gasteiger partial charge is 0.381 e. The molecule has 0 spiro atoms. The predicted molar refractivity (Wildman–Crippen MR) is 70.0 cm³/mol. The highest BCUT2D eigenvalue weighted by Crippen LogP contribution is 2.19. The third kappa shape index (κ3) is 3.29. The van der Waals surface area contributed by atoms with Gasteiger partial charge < -0.3 is 10.1 Å². The lowest BCUT2D eigenvalue weighted by Gasteiger charge is -2.22. The van der Waals surface area contributed by atoms with Crippen LogP contribution < -0.4 is 5.32 Å². The molecular formula is C13H15BrFNO2. The highest BCUT2D eigenvalue weighted by Gasteiger charge is 2.18. The van der Waals surface area contributed by atoms with Gasteiger partial charge in [-0.15, -0.1) is 0 Å². The van der Waals surface area contributed by atoms with Crippen molar-refractivity contribution >= 4 is 21.8 Å². The smallest absolute Gasteiger partial charge is 0.255 e. The van der Waals surface area contributed by atoms with Crippen molar-refractivity contribution in [1.82, 2.24) is 5.32 Å². The summed E-state index contributed by atoms with van der Waals surface area (Å²) in [5, 5.41) is 2.76. The van der Waals surface area contributed by atoms with Crippen LogP contribution in [0.4, 0.5) is 4.39 Å². The second-order valence-electron chi connectivity index (χ2n) is 4.39. The fourth-order valence-corrected chi connectivity index (χ4v) is 2.53. The fourth-order valence-electron chi connectivity index (χ4n) is 2.01. The van der Waals surface area contributed by atoms with Crippen molar-refractivity contribution in [2.24, 2.45) is 5.92 Å². The average Bonchev–Trinajstić information content (AvgIpc) is 2.37. The van der Waals surface area contributed by atoms with E-state index in [4.69, 9.17) is 4.74 Å². The van der Waals surface area contributed by atoms with Gasteiger partial charge in [-0.05, 0) is 46.8 Å². The molecule has 1 aromatic carbocycles. The van der Waals surface area contributed by atoms with Crippen LogP contribution in [0.3, 0.4) is 0 Å². The summed E-state index contributed by atoms with van der Waals surface area (Å²) < 4.78 is 19.4. The molecule has 1 fully saturated rings. The lowest BCUT2D eigenvalue weighted by Crippen LogP contribution is -2.33. The van der Waals surface area contributed by atoms with Crippen molar-refractivity contribution in [3.63, 3.8) is 0 Å². The van der Waals surface area contributed by atoms with Gasteiger partial charge in [0, 0.05) is 17.6 Å². The number of rotatable bonds is 3. The Bertz CT molecular complexity index is 413. The van der Waals surface area contributed by atoms with E-state index < -0.39 is 5.82 Å². The molecule has 2 rings (SSSR count). The van der Waals surface area contributed by atoms with Crippen molar-refractivity contribution in [2.45, 2.75) is 12.8 Å². The normalized spacial score (nSPS) is 19.6. The second-order valence-corrected chi connectivity index (χ2v) is 5.24. The summed E-state index contributed by atoms with van der Waals surface area (Å²) in [7, 11) is 0. The van der Waals surface area contributed by atoms with Gasteiger partial charge in [-0.2, -0.15) is 0 Å². The zero-order valence-corrected chi connectivity index (χ0v) is 11.5. The summed E-state index contributed by atoms with van der Waals surface area (Å²) in [5.74, 6) is -0.569. The number of hydrogen-bond donors (Lipinski definition) is 1. The standard InChI is InChI=1S/C13H15BrFNO2/c14-10-4-1-5-11(15)12(10)13(17)16-7-9-3-2-6-18-8-9/h1,4-5,9H,2-3,6-8H2,(H,16,17). The second kappa shape index (κ2) is 6.29. The molecule has 0 aromatic heterocycles. The molecule has 98 valence electrons. The van der Waals surface area contributed by atoms with Gasteiger partial charge in [-0.3, -0.25) is 4.79 Å². The van der Waals surface area contributed by atoms with Crippen LogP contribution in [0.25, 0.3) is 0 Å². The molecule has 0 bridgehead atoms. The minimum absolute atomic E-state index is 0.0641. The van der Waals surface area contributed by atoms with Crippen LogP contribution in [-0.4, -0.2) is 25.7 Å². The molecule has 1 aliphatic heterocycles. The van der Waals surface area contributed by atoms with Crippen molar-refractivity contribution in [2.75, 3.05) is 19.8 Å². The van der Waals surface area contributed by atoms with Crippen LogP contribution in [0, 0.1) is 11.7 Å². The Hall–Kier alpha value is -0.940. The van der Waals surface area contributed by atoms with Crippen LogP contribution in [0.1, 0.15) is 23.2 Å². The minimum atomic E-state index is -0.512. The summed E-state index contributed by atoms with van der Waals surface area (Å²) in [5.41, 5.74) is 0.0641. The van der Waals surface area contributed by atoms with E-state index in [1.165, 1.54) is 6.07 Å². The third-order valence-electron chi connectivity index (χ3n) is 3.00. The number of halogens is 2. The van der Waals surface area contributed by atoms with E-state index in [9.17, 15) is 9.18 Å². The highest BCUT2D eigenvalue weighted by atomic mass is 79.9. The van der Waals surface area contributed by atoms with Gasteiger partial charge >= 0.3 is 0 Å². The Morgan fingerprint density at radius 1 is 1.56 bits per heavy atom. The maximum Gasteiger partial charge on any atom is 0.255 e. The molecule has 1 amide bonds. The SMILES string of the molecule is O=C(NCC1CCCOC1)c1c(F)cccc1Br. The van der Waals surface area contributed by atoms with E-state index in [1.54, 1.807) is 12.1 Å². The molecule has 1 saturated heterocycles. The van der Waals surface area contributed by atoms with Crippen LogP contribution in [0.15, 0.2) is 22.7 Å². The first kappa shape index (κ1) is 13.5. The molecule has 18 heavy (non-hydrogen) atoms. The van der Waals surface area contributed by atoms with Gasteiger partial charge in [0.25, 0.3) is 5.91 Å². The Morgan fingerprint density at radius 3 is 3.06 bits per heavy atom. The molecule has 1 atom stereocenters. The van der Waals surface area contributed by atoms with Gasteiger partial charge in [-0.1, -0.05) is 6.07 Å². The van der Waals surface area contributed by atoms with Crippen LogP contribution in [0.2, 0.25) is 0 Å². The van der Waals surface area contributed by atoms with Gasteiger partial charge in [0.1, 0.15) is 5.82 Å². The van der Waals surface area contributed by atoms with Gasteiger partial charge in [0.2, 0.25) is 0 Å². The lowest BCUT2D eigenvalue weighted by molar-refractivity contribution is 0.0536. The summed E-state index contributed by atoms with van der Waals surface area (Å²) in [6.45, 7) is 1.99. The van der Waals surface area contributed by atoms with Gasteiger partial charge in [-0.25, -0.2) is 4.39 Å². The number of carbonyl (C=O) groups is 1. The number of amides is 1. The molecule has 5 heteroatoms. The van der Waals surface area contributed by atoms with Crippen molar-refractivity contribution in [3.8, 4) is 0 Å². The molecule has 3 nitrogen and oxygen atoms in total. The van der Waals surface area contributed by atoms with E-state index in [2.05, 4.69) is 21.2 Å². The molecule has 0 saturated carbocycles. The van der Waals surface area contributed by atoms with Gasteiger partial charge in [0.15, 0.2) is 0 Å². The Labute approximate surface area is 114 Å². The first-order valence-corrected chi connectivity index (χ1v) is 6.77. The zero-order valence-electron chi connectivity index (χ0n) is 9.92. The fraction of sp³-hybridized carbons (Fsp3) is 0.462. The lowest BCUT2D eigenvalue weighted by atomic mass is 10.0. The summed E-state index contributed by atoms with van der Waals surface area (Å²) in [4.78, 5) is 11.9. The van der Waals surface area contributed by atoms with E-state index in [-0.39, 0.29) is 11.5 Å². The van der Waals surface area contributed by atoms with Crippen molar-refractivity contribution in [3.05, 3.63) is 34.1 Å². The number of nitrogens with one attached hydrogen (secondary N) is 1. The maximum atomic E-state index is 13.6. The topological polar surface area (TPSA) is 38.3 Å². The molecule has 1 unspecified atom stereocenters. The van der Waals surface area contributed by atoms with Crippen molar-refractivity contribution < 1.29 is 13.9 Å². The van der Waals surface area contributed by atoms with E-state index in [0.717, 1.165) is 19.4 Å². The van der Waals surface area contributed by atoms with E-state index >= 15 is 0 Å². The first-order valence-electron chi connectivity index (χ1n) is 5.98. The van der Waals surface area contributed by atoms with E-state index in [1.807, 2.05) is 0 Å². The van der Waals surface area contributed by atoms with E-state index in [0.29, 0.717) is 23.5 Å². The molecule has 1 N–H and O–H groups in total. The maximum absolute atomic E-state index is 13.6. The Kier molecular flexibility index (Phi) is 4.72. The summed E-state index contributed by atoms with van der Waals surface area (Å²) >= 11 is 3.19. The molecular weight excluding hydrogens is 301 g/mol. The number of ether oxygens (including phenoxy) is 1. The molecule has 1 aliphatic rings. The monoisotopic (exact) mass is 315 g/mol. The minimum Gasteiger partial charge on any atom is -0.381 e. The highest BCUT2D eigenvalue weighted by molar-refractivity contribution is 9.10. The van der Waals surface area contributed by atoms with Crippen LogP contribution in [-0.2, 0) is 4.74 Å². The predicted octanol–water partition coefficient (Wildman–Crippen LogP) is 2.74. The Balaban J connectivity index is 1.95. The molecule has 0 aliphatic carbocycles. The van der Waals surface area contributed by atoms with Crippen LogP contribution in [0.5, 0.6) is 0 Å². The first-order chi connectivity index (χ1) is 8.68. The summed E-state index contributed by atoms with van der Waals surface area (Å²) in [6, 6.07) is 4.50. The summed E-state index contributed by atoms with van der Waals surface area (Å²) in [6.07, 6.45) is 2.06. The molecule has 0 radical (unpaired) electrons. The quantitative estimate of drug-likeness (QED) is 0.931. The number of carbonyl (C=O) groups excluding carboxylic acids is 1. The number of benzene rings is 1. The molecule has 1 aromatic rings. The average molecular weight is 316 g/mol. The molecule has 1 heterocycles.